The Kier molecular flexibility index (Phi) is 14.1. The maximum absolute atomic E-state index is 12.2. The molecule has 0 spiro atoms. The molecule has 2 saturated carbocycles. The standard InChI is InChI=1S/2C14H24N2O4.C12H18N2O4/c2*1-5-19-10(17)13(14(15)6-7-14)8-16(9-13)11(18)20-12(2,3)4;1-5-17-9(15)12(6-13)7-14(8-12)10(16)18-11(2,3)4/h2*5-9,15H2,1-4H3;5,7-8H2,1-4H3. The summed E-state index contributed by atoms with van der Waals surface area (Å²) in [5.74, 6) is -1.16. The van der Waals surface area contributed by atoms with Crippen LogP contribution in [-0.2, 0) is 42.8 Å². The van der Waals surface area contributed by atoms with E-state index < -0.39 is 68.4 Å². The van der Waals surface area contributed by atoms with Crippen molar-refractivity contribution < 1.29 is 57.2 Å². The van der Waals surface area contributed by atoms with Crippen LogP contribution in [0.5, 0.6) is 0 Å². The Bertz CT molecular complexity index is 1510. The minimum Gasteiger partial charge on any atom is -0.465 e. The van der Waals surface area contributed by atoms with E-state index in [9.17, 15) is 28.8 Å². The van der Waals surface area contributed by atoms with Crippen LogP contribution in [-0.4, -0.2) is 138 Å². The van der Waals surface area contributed by atoms with Crippen LogP contribution in [0.15, 0.2) is 0 Å². The summed E-state index contributed by atoms with van der Waals surface area (Å²) in [6.07, 6.45) is 1.88. The minimum atomic E-state index is -1.23. The molecule has 0 radical (unpaired) electrons. The van der Waals surface area contributed by atoms with Gasteiger partial charge < -0.3 is 54.6 Å². The fourth-order valence-electron chi connectivity index (χ4n) is 6.76. The maximum Gasteiger partial charge on any atom is 0.410 e. The molecule has 5 aliphatic rings. The van der Waals surface area contributed by atoms with Crippen LogP contribution in [0.1, 0.15) is 109 Å². The Labute approximate surface area is 342 Å². The van der Waals surface area contributed by atoms with E-state index in [4.69, 9.17) is 45.2 Å². The van der Waals surface area contributed by atoms with E-state index >= 15 is 0 Å². The zero-order valence-electron chi connectivity index (χ0n) is 36.5. The molecule has 58 heavy (non-hydrogen) atoms. The topological polar surface area (TPSA) is 243 Å². The molecule has 0 bridgehead atoms. The van der Waals surface area contributed by atoms with Gasteiger partial charge in [0.1, 0.15) is 27.6 Å². The lowest BCUT2D eigenvalue weighted by atomic mass is 9.71. The first kappa shape index (κ1) is 48.0. The quantitative estimate of drug-likeness (QED) is 0.261. The van der Waals surface area contributed by atoms with Crippen molar-refractivity contribution in [1.82, 2.24) is 14.7 Å². The molecule has 0 aromatic carbocycles. The lowest BCUT2D eigenvalue weighted by Crippen LogP contribution is -2.71. The summed E-state index contributed by atoms with van der Waals surface area (Å²) in [7, 11) is 0. The van der Waals surface area contributed by atoms with Crippen molar-refractivity contribution in [2.75, 3.05) is 59.1 Å². The molecule has 0 atom stereocenters. The highest BCUT2D eigenvalue weighted by Gasteiger charge is 2.69. The van der Waals surface area contributed by atoms with E-state index in [1.807, 2.05) is 47.6 Å². The van der Waals surface area contributed by atoms with Gasteiger partial charge in [-0.15, -0.1) is 0 Å². The van der Waals surface area contributed by atoms with Gasteiger partial charge in [0.05, 0.1) is 39.0 Å². The highest BCUT2D eigenvalue weighted by atomic mass is 16.6. The summed E-state index contributed by atoms with van der Waals surface area (Å²) in [5, 5.41) is 9.04. The van der Waals surface area contributed by atoms with Crippen LogP contribution in [0.4, 0.5) is 14.4 Å². The van der Waals surface area contributed by atoms with Crippen molar-refractivity contribution in [3.05, 3.63) is 0 Å². The van der Waals surface area contributed by atoms with E-state index in [1.165, 1.54) is 14.7 Å². The SMILES string of the molecule is CCOC(=O)C1(C#N)CN(C(=O)OC(C)(C)C)C1.CCOC(=O)C1(C2(N)CC2)CN(C(=O)OC(C)(C)C)C1.CCOC(=O)C1(C2(N)CC2)CN(C(=O)OC(C)(C)C)C1. The number of rotatable bonds is 8. The first-order chi connectivity index (χ1) is 26.5. The van der Waals surface area contributed by atoms with Crippen molar-refractivity contribution in [3.63, 3.8) is 0 Å². The zero-order valence-corrected chi connectivity index (χ0v) is 36.5. The number of ether oxygens (including phenoxy) is 6. The summed E-state index contributed by atoms with van der Waals surface area (Å²) < 4.78 is 30.9. The third-order valence-electron chi connectivity index (χ3n) is 10.4. The highest BCUT2D eigenvalue weighted by molar-refractivity contribution is 5.86. The molecular formula is C40H66N6O12. The monoisotopic (exact) mass is 822 g/mol. The molecule has 18 nitrogen and oxygen atoms in total. The predicted molar refractivity (Wildman–Crippen MR) is 209 cm³/mol. The Morgan fingerprint density at radius 2 is 0.776 bits per heavy atom. The van der Waals surface area contributed by atoms with Crippen LogP contribution >= 0.6 is 0 Å². The number of amides is 3. The number of nitrogens with zero attached hydrogens (tertiary/aromatic N) is 4. The Hall–Kier alpha value is -4.37. The van der Waals surface area contributed by atoms with Gasteiger partial charge in [0.25, 0.3) is 0 Å². The normalized spacial score (nSPS) is 21.1. The molecule has 328 valence electrons. The molecule has 2 aliphatic carbocycles. The second-order valence-corrected chi connectivity index (χ2v) is 18.8. The molecule has 0 unspecified atom stereocenters. The lowest BCUT2D eigenvalue weighted by Gasteiger charge is -2.51. The average Bonchev–Trinajstić information content (AvgIpc) is 3.93. The van der Waals surface area contributed by atoms with Gasteiger partial charge in [-0.3, -0.25) is 14.4 Å². The van der Waals surface area contributed by atoms with Crippen molar-refractivity contribution in [1.29, 1.82) is 5.26 Å². The molecule has 3 heterocycles. The highest BCUT2D eigenvalue weighted by Crippen LogP contribution is 2.55. The molecule has 18 heteroatoms. The van der Waals surface area contributed by atoms with E-state index in [2.05, 4.69) is 0 Å². The molecule has 0 aromatic heterocycles. The van der Waals surface area contributed by atoms with Gasteiger partial charge in [0.15, 0.2) is 5.41 Å². The average molecular weight is 823 g/mol. The molecular weight excluding hydrogens is 756 g/mol. The van der Waals surface area contributed by atoms with Crippen molar-refractivity contribution in [2.24, 2.45) is 27.7 Å². The number of likely N-dealkylation sites (tertiary alicyclic amines) is 3. The van der Waals surface area contributed by atoms with Crippen molar-refractivity contribution >= 4 is 36.2 Å². The fraction of sp³-hybridized carbons (Fsp3) is 0.825. The smallest absolute Gasteiger partial charge is 0.410 e. The zero-order chi connectivity index (χ0) is 44.3. The Morgan fingerprint density at radius 1 is 0.517 bits per heavy atom. The molecule has 5 fully saturated rings. The molecule has 3 saturated heterocycles. The van der Waals surface area contributed by atoms with E-state index in [1.54, 1.807) is 41.5 Å². The van der Waals surface area contributed by atoms with Crippen LogP contribution < -0.4 is 11.5 Å². The third-order valence-corrected chi connectivity index (χ3v) is 10.4. The van der Waals surface area contributed by atoms with Gasteiger partial charge in [-0.05, 0) is 109 Å². The number of hydrogen-bond acceptors (Lipinski definition) is 15. The molecule has 4 N–H and O–H groups in total. The maximum atomic E-state index is 12.2. The van der Waals surface area contributed by atoms with E-state index in [0.717, 1.165) is 25.7 Å². The summed E-state index contributed by atoms with van der Waals surface area (Å²) >= 11 is 0. The van der Waals surface area contributed by atoms with Crippen LogP contribution in [0.3, 0.4) is 0 Å². The van der Waals surface area contributed by atoms with Gasteiger partial charge >= 0.3 is 36.2 Å². The van der Waals surface area contributed by atoms with Gasteiger partial charge in [-0.2, -0.15) is 5.26 Å². The van der Waals surface area contributed by atoms with Crippen LogP contribution in [0.25, 0.3) is 0 Å². The third kappa shape index (κ3) is 10.8. The van der Waals surface area contributed by atoms with Crippen molar-refractivity contribution in [3.8, 4) is 6.07 Å². The molecule has 3 amide bonds. The number of carbonyl (C=O) groups is 6. The summed E-state index contributed by atoms with van der Waals surface area (Å²) in [5.41, 5.74) is 7.02. The lowest BCUT2D eigenvalue weighted by molar-refractivity contribution is -0.170. The Balaban J connectivity index is 0.000000233. The first-order valence-electron chi connectivity index (χ1n) is 20.0. The number of nitriles is 1. The fourth-order valence-corrected chi connectivity index (χ4v) is 6.76. The van der Waals surface area contributed by atoms with E-state index in [-0.39, 0.29) is 57.8 Å². The second kappa shape index (κ2) is 17.1. The van der Waals surface area contributed by atoms with Crippen molar-refractivity contribution in [2.45, 2.75) is 137 Å². The second-order valence-electron chi connectivity index (χ2n) is 18.8. The first-order valence-corrected chi connectivity index (χ1v) is 20.0. The van der Waals surface area contributed by atoms with Gasteiger partial charge in [0.2, 0.25) is 0 Å². The Morgan fingerprint density at radius 3 is 1.00 bits per heavy atom. The minimum absolute atomic E-state index is 0.0250. The number of carbonyl (C=O) groups excluding carboxylic acids is 6. The largest absolute Gasteiger partial charge is 0.465 e. The molecule has 0 aromatic rings. The number of nitrogens with two attached hydrogens (primary N) is 2. The van der Waals surface area contributed by atoms with Gasteiger partial charge in [-0.1, -0.05) is 0 Å². The molecule has 5 rings (SSSR count). The van der Waals surface area contributed by atoms with Crippen LogP contribution in [0.2, 0.25) is 0 Å². The van der Waals surface area contributed by atoms with Gasteiger partial charge in [-0.25, -0.2) is 14.4 Å². The summed E-state index contributed by atoms with van der Waals surface area (Å²) in [6, 6.07) is 1.92. The predicted octanol–water partition coefficient (Wildman–Crippen LogP) is 3.87. The number of esters is 3. The summed E-state index contributed by atoms with van der Waals surface area (Å²) in [4.78, 5) is 76.0. The van der Waals surface area contributed by atoms with Crippen LogP contribution in [0, 0.1) is 27.6 Å². The number of hydrogen-bond donors (Lipinski definition) is 2. The van der Waals surface area contributed by atoms with Gasteiger partial charge in [0, 0.05) is 37.3 Å². The summed E-state index contributed by atoms with van der Waals surface area (Å²) in [6.45, 7) is 23.4. The van der Waals surface area contributed by atoms with E-state index in [0.29, 0.717) is 13.2 Å². The molecule has 3 aliphatic heterocycles.